The number of benzene rings is 1. The molecule has 5 heteroatoms. The molecular weight excluding hydrogens is 240 g/mol. The summed E-state index contributed by atoms with van der Waals surface area (Å²) in [6.07, 6.45) is 0.664. The molecule has 0 saturated heterocycles. The van der Waals surface area contributed by atoms with Crippen molar-refractivity contribution in [1.29, 1.82) is 0 Å². The first-order valence-corrected chi connectivity index (χ1v) is 6.10. The van der Waals surface area contributed by atoms with Crippen LogP contribution in [-0.2, 0) is 6.42 Å². The van der Waals surface area contributed by atoms with Crippen molar-refractivity contribution in [2.45, 2.75) is 20.3 Å². The van der Waals surface area contributed by atoms with Gasteiger partial charge in [0.05, 0.1) is 17.0 Å². The van der Waals surface area contributed by atoms with Crippen molar-refractivity contribution >= 4 is 17.3 Å². The number of carbonyl (C=O) groups is 1. The van der Waals surface area contributed by atoms with E-state index in [0.717, 1.165) is 5.69 Å². The van der Waals surface area contributed by atoms with Gasteiger partial charge in [0.25, 0.3) is 5.91 Å². The highest BCUT2D eigenvalue weighted by Gasteiger charge is 2.12. The molecule has 0 saturated carbocycles. The Labute approximate surface area is 111 Å². The standard InChI is InChI=1S/C14H16N4O/c1-3-13-12(8-9(2)17-18-13)14(19)16-11-6-4-10(15)5-7-11/h4-8H,3,15H2,1-2H3,(H,16,19). The lowest BCUT2D eigenvalue weighted by molar-refractivity contribution is 0.102. The van der Waals surface area contributed by atoms with Crippen LogP contribution in [0.2, 0.25) is 0 Å². The van der Waals surface area contributed by atoms with Crippen LogP contribution >= 0.6 is 0 Å². The van der Waals surface area contributed by atoms with E-state index in [-0.39, 0.29) is 5.91 Å². The average molecular weight is 256 g/mol. The van der Waals surface area contributed by atoms with Crippen molar-refractivity contribution < 1.29 is 4.79 Å². The molecule has 0 unspecified atom stereocenters. The zero-order valence-electron chi connectivity index (χ0n) is 11.0. The van der Waals surface area contributed by atoms with E-state index < -0.39 is 0 Å². The predicted molar refractivity (Wildman–Crippen MR) is 75.0 cm³/mol. The van der Waals surface area contributed by atoms with Crippen LogP contribution in [0.15, 0.2) is 30.3 Å². The first kappa shape index (κ1) is 13.0. The van der Waals surface area contributed by atoms with Gasteiger partial charge in [-0.3, -0.25) is 4.79 Å². The Morgan fingerprint density at radius 1 is 1.26 bits per heavy atom. The van der Waals surface area contributed by atoms with E-state index in [4.69, 9.17) is 5.73 Å². The minimum Gasteiger partial charge on any atom is -0.399 e. The number of amides is 1. The molecule has 0 radical (unpaired) electrons. The molecule has 0 aliphatic heterocycles. The maximum atomic E-state index is 12.2. The number of nitrogens with two attached hydrogens (primary N) is 1. The molecule has 5 nitrogen and oxygen atoms in total. The van der Waals surface area contributed by atoms with Gasteiger partial charge < -0.3 is 11.1 Å². The highest BCUT2D eigenvalue weighted by atomic mass is 16.1. The molecule has 0 bridgehead atoms. The highest BCUT2D eigenvalue weighted by molar-refractivity contribution is 6.05. The van der Waals surface area contributed by atoms with Gasteiger partial charge in [-0.15, -0.1) is 0 Å². The van der Waals surface area contributed by atoms with Crippen LogP contribution in [0.5, 0.6) is 0 Å². The lowest BCUT2D eigenvalue weighted by Gasteiger charge is -2.08. The second-order valence-corrected chi connectivity index (χ2v) is 4.28. The van der Waals surface area contributed by atoms with E-state index >= 15 is 0 Å². The van der Waals surface area contributed by atoms with Gasteiger partial charge in [-0.25, -0.2) is 0 Å². The third kappa shape index (κ3) is 3.07. The summed E-state index contributed by atoms with van der Waals surface area (Å²) in [5.41, 5.74) is 8.95. The molecule has 19 heavy (non-hydrogen) atoms. The summed E-state index contributed by atoms with van der Waals surface area (Å²) < 4.78 is 0. The fourth-order valence-electron chi connectivity index (χ4n) is 1.74. The number of rotatable bonds is 3. The number of aromatic nitrogens is 2. The Kier molecular flexibility index (Phi) is 3.75. The molecule has 0 spiro atoms. The molecule has 0 aliphatic rings. The lowest BCUT2D eigenvalue weighted by Crippen LogP contribution is -2.16. The minimum atomic E-state index is -0.181. The number of nitrogens with one attached hydrogen (secondary N) is 1. The number of nitrogen functional groups attached to an aromatic ring is 1. The minimum absolute atomic E-state index is 0.181. The van der Waals surface area contributed by atoms with Crippen LogP contribution in [0.3, 0.4) is 0 Å². The molecule has 0 atom stereocenters. The number of hydrogen-bond acceptors (Lipinski definition) is 4. The Balaban J connectivity index is 2.24. The van der Waals surface area contributed by atoms with Crippen LogP contribution in [-0.4, -0.2) is 16.1 Å². The monoisotopic (exact) mass is 256 g/mol. The van der Waals surface area contributed by atoms with Crippen molar-refractivity contribution in [3.05, 3.63) is 47.3 Å². The topological polar surface area (TPSA) is 80.9 Å². The van der Waals surface area contributed by atoms with E-state index in [1.165, 1.54) is 0 Å². The van der Waals surface area contributed by atoms with Gasteiger partial charge in [-0.05, 0) is 43.7 Å². The summed E-state index contributed by atoms with van der Waals surface area (Å²) in [4.78, 5) is 12.2. The van der Waals surface area contributed by atoms with Crippen LogP contribution in [0.25, 0.3) is 0 Å². The molecule has 1 aromatic heterocycles. The van der Waals surface area contributed by atoms with E-state index in [1.807, 2.05) is 13.8 Å². The van der Waals surface area contributed by atoms with Gasteiger partial charge in [-0.2, -0.15) is 10.2 Å². The van der Waals surface area contributed by atoms with Crippen molar-refractivity contribution in [3.63, 3.8) is 0 Å². The zero-order valence-corrected chi connectivity index (χ0v) is 11.0. The SMILES string of the molecule is CCc1nnc(C)cc1C(=O)Nc1ccc(N)cc1. The maximum absolute atomic E-state index is 12.2. The van der Waals surface area contributed by atoms with Crippen molar-refractivity contribution in [1.82, 2.24) is 10.2 Å². The average Bonchev–Trinajstić information content (AvgIpc) is 2.41. The molecule has 2 rings (SSSR count). The number of carbonyl (C=O) groups excluding carboxylic acids is 1. The van der Waals surface area contributed by atoms with E-state index in [1.54, 1.807) is 30.3 Å². The van der Waals surface area contributed by atoms with Gasteiger partial charge in [0.2, 0.25) is 0 Å². The highest BCUT2D eigenvalue weighted by Crippen LogP contribution is 2.14. The van der Waals surface area contributed by atoms with Gasteiger partial charge in [0, 0.05) is 11.4 Å². The molecule has 98 valence electrons. The normalized spacial score (nSPS) is 10.2. The smallest absolute Gasteiger partial charge is 0.257 e. The first-order chi connectivity index (χ1) is 9.10. The fraction of sp³-hybridized carbons (Fsp3) is 0.214. The summed E-state index contributed by atoms with van der Waals surface area (Å²) in [5, 5.41) is 10.8. The first-order valence-electron chi connectivity index (χ1n) is 6.10. The Morgan fingerprint density at radius 2 is 1.95 bits per heavy atom. The molecular formula is C14H16N4O. The van der Waals surface area contributed by atoms with Crippen molar-refractivity contribution in [3.8, 4) is 0 Å². The molecule has 0 aliphatic carbocycles. The number of nitrogens with zero attached hydrogens (tertiary/aromatic N) is 2. The zero-order chi connectivity index (χ0) is 13.8. The third-order valence-electron chi connectivity index (χ3n) is 2.74. The van der Waals surface area contributed by atoms with Gasteiger partial charge in [0.15, 0.2) is 0 Å². The summed E-state index contributed by atoms with van der Waals surface area (Å²) in [5.74, 6) is -0.181. The summed E-state index contributed by atoms with van der Waals surface area (Å²) in [7, 11) is 0. The number of aryl methyl sites for hydroxylation is 2. The summed E-state index contributed by atoms with van der Waals surface area (Å²) >= 11 is 0. The van der Waals surface area contributed by atoms with Crippen molar-refractivity contribution in [2.24, 2.45) is 0 Å². The second kappa shape index (κ2) is 5.48. The predicted octanol–water partition coefficient (Wildman–Crippen LogP) is 2.18. The van der Waals surface area contributed by atoms with Crippen LogP contribution < -0.4 is 11.1 Å². The summed E-state index contributed by atoms with van der Waals surface area (Å²) in [6, 6.07) is 8.76. The molecule has 2 aromatic rings. The van der Waals surface area contributed by atoms with Gasteiger partial charge in [-0.1, -0.05) is 6.92 Å². The third-order valence-corrected chi connectivity index (χ3v) is 2.74. The largest absolute Gasteiger partial charge is 0.399 e. The summed E-state index contributed by atoms with van der Waals surface area (Å²) in [6.45, 7) is 3.76. The fourth-order valence-corrected chi connectivity index (χ4v) is 1.74. The molecule has 1 aromatic carbocycles. The molecule has 1 amide bonds. The van der Waals surface area contributed by atoms with Gasteiger partial charge >= 0.3 is 0 Å². The quantitative estimate of drug-likeness (QED) is 0.825. The maximum Gasteiger partial charge on any atom is 0.257 e. The number of hydrogen-bond donors (Lipinski definition) is 2. The van der Waals surface area contributed by atoms with Crippen LogP contribution in [0.4, 0.5) is 11.4 Å². The van der Waals surface area contributed by atoms with E-state index in [9.17, 15) is 4.79 Å². The van der Waals surface area contributed by atoms with E-state index in [0.29, 0.717) is 29.1 Å². The van der Waals surface area contributed by atoms with E-state index in [2.05, 4.69) is 15.5 Å². The molecule has 3 N–H and O–H groups in total. The molecule has 0 fully saturated rings. The van der Waals surface area contributed by atoms with Crippen LogP contribution in [0.1, 0.15) is 28.7 Å². The van der Waals surface area contributed by atoms with Crippen molar-refractivity contribution in [2.75, 3.05) is 11.1 Å². The van der Waals surface area contributed by atoms with Gasteiger partial charge in [0.1, 0.15) is 0 Å². The number of anilines is 2. The molecule has 1 heterocycles. The lowest BCUT2D eigenvalue weighted by atomic mass is 10.1. The Hall–Kier alpha value is -2.43. The van der Waals surface area contributed by atoms with Crippen LogP contribution in [0, 0.1) is 6.92 Å². The second-order valence-electron chi connectivity index (χ2n) is 4.28. The Bertz CT molecular complexity index is 593. The Morgan fingerprint density at radius 3 is 2.58 bits per heavy atom.